The molecule has 0 spiro atoms. The molecule has 3 aromatic rings. The number of β-amino-alcohol motifs (C(OH)–C–C–N with tert-alkyl or cyclic N) is 1. The standard InChI is InChI=1S/C22H26N4O2/c1-16-6-5-13-26-14-19(24-21(16)26)22(28)23-18-9-7-17(8-10-18)20(27)15-25-11-3-2-4-12-25/h5-10,13-14,20,27H,2-4,11-12,15H2,1H3,(H,23,28). The van der Waals surface area contributed by atoms with Gasteiger partial charge in [0.15, 0.2) is 0 Å². The Kier molecular flexibility index (Phi) is 5.41. The van der Waals surface area contributed by atoms with Crippen LogP contribution < -0.4 is 5.32 Å². The Morgan fingerprint density at radius 1 is 1.18 bits per heavy atom. The van der Waals surface area contributed by atoms with Crippen molar-refractivity contribution in [3.63, 3.8) is 0 Å². The number of benzene rings is 1. The Hall–Kier alpha value is -2.70. The van der Waals surface area contributed by atoms with Gasteiger partial charge in [0.25, 0.3) is 5.91 Å². The monoisotopic (exact) mass is 378 g/mol. The second kappa shape index (κ2) is 8.12. The molecule has 0 radical (unpaired) electrons. The molecule has 1 aliphatic rings. The number of aliphatic hydroxyl groups is 1. The minimum absolute atomic E-state index is 0.246. The van der Waals surface area contributed by atoms with E-state index in [1.54, 1.807) is 6.20 Å². The van der Waals surface area contributed by atoms with Crippen molar-refractivity contribution in [1.29, 1.82) is 0 Å². The van der Waals surface area contributed by atoms with Crippen LogP contribution in [0.4, 0.5) is 5.69 Å². The smallest absolute Gasteiger partial charge is 0.275 e. The van der Waals surface area contributed by atoms with E-state index in [-0.39, 0.29) is 5.91 Å². The summed E-state index contributed by atoms with van der Waals surface area (Å²) in [6, 6.07) is 11.3. The van der Waals surface area contributed by atoms with Gasteiger partial charge in [0, 0.05) is 24.6 Å². The van der Waals surface area contributed by atoms with Crippen molar-refractivity contribution in [3.8, 4) is 0 Å². The highest BCUT2D eigenvalue weighted by molar-refractivity contribution is 6.03. The van der Waals surface area contributed by atoms with Gasteiger partial charge in [-0.1, -0.05) is 24.6 Å². The average Bonchev–Trinajstić information content (AvgIpc) is 3.15. The average molecular weight is 378 g/mol. The summed E-state index contributed by atoms with van der Waals surface area (Å²) in [6.07, 6.45) is 6.80. The molecule has 4 rings (SSSR count). The van der Waals surface area contributed by atoms with Crippen LogP contribution in [0.3, 0.4) is 0 Å². The normalized spacial score (nSPS) is 16.2. The molecule has 28 heavy (non-hydrogen) atoms. The van der Waals surface area contributed by atoms with Gasteiger partial charge in [-0.3, -0.25) is 4.79 Å². The molecule has 1 aliphatic heterocycles. The van der Waals surface area contributed by atoms with Gasteiger partial charge in [-0.25, -0.2) is 4.98 Å². The highest BCUT2D eigenvalue weighted by Gasteiger charge is 2.16. The maximum Gasteiger partial charge on any atom is 0.275 e. The second-order valence-electron chi connectivity index (χ2n) is 7.50. The van der Waals surface area contributed by atoms with Crippen LogP contribution in [0.15, 0.2) is 48.8 Å². The van der Waals surface area contributed by atoms with Crippen LogP contribution in [-0.2, 0) is 0 Å². The number of aryl methyl sites for hydroxylation is 1. The van der Waals surface area contributed by atoms with E-state index in [9.17, 15) is 9.90 Å². The quantitative estimate of drug-likeness (QED) is 0.714. The lowest BCUT2D eigenvalue weighted by Gasteiger charge is -2.28. The number of aliphatic hydroxyl groups excluding tert-OH is 1. The van der Waals surface area contributed by atoms with E-state index >= 15 is 0 Å². The SMILES string of the molecule is Cc1cccn2cc(C(=O)Nc3ccc(C(O)CN4CCCCC4)cc3)nc12. The van der Waals surface area contributed by atoms with Gasteiger partial charge in [-0.15, -0.1) is 0 Å². The molecule has 1 fully saturated rings. The number of carbonyl (C=O) groups excluding carboxylic acids is 1. The zero-order valence-electron chi connectivity index (χ0n) is 16.1. The molecule has 1 unspecified atom stereocenters. The number of nitrogens with zero attached hydrogens (tertiary/aromatic N) is 3. The van der Waals surface area contributed by atoms with Crippen molar-refractivity contribution >= 4 is 17.2 Å². The third-order valence-corrected chi connectivity index (χ3v) is 5.34. The Morgan fingerprint density at radius 2 is 1.93 bits per heavy atom. The van der Waals surface area contributed by atoms with E-state index in [1.807, 2.05) is 53.9 Å². The van der Waals surface area contributed by atoms with Crippen molar-refractivity contribution in [2.45, 2.75) is 32.3 Å². The number of fused-ring (bicyclic) bond motifs is 1. The molecule has 1 amide bonds. The number of hydrogen-bond acceptors (Lipinski definition) is 4. The van der Waals surface area contributed by atoms with Crippen LogP contribution in [-0.4, -0.2) is 44.9 Å². The van der Waals surface area contributed by atoms with Gasteiger partial charge in [0.2, 0.25) is 0 Å². The van der Waals surface area contributed by atoms with Crippen molar-refractivity contribution in [2.24, 2.45) is 0 Å². The van der Waals surface area contributed by atoms with Crippen LogP contribution in [0.5, 0.6) is 0 Å². The fraction of sp³-hybridized carbons (Fsp3) is 0.364. The first-order valence-corrected chi connectivity index (χ1v) is 9.86. The number of aromatic nitrogens is 2. The lowest BCUT2D eigenvalue weighted by molar-refractivity contribution is 0.101. The molecule has 3 heterocycles. The molecule has 146 valence electrons. The first kappa shape index (κ1) is 18.7. The van der Waals surface area contributed by atoms with Crippen LogP contribution in [0, 0.1) is 6.92 Å². The molecule has 2 N–H and O–H groups in total. The van der Waals surface area contributed by atoms with E-state index in [0.717, 1.165) is 29.9 Å². The number of carbonyl (C=O) groups is 1. The number of anilines is 1. The molecule has 2 aromatic heterocycles. The maximum atomic E-state index is 12.5. The summed E-state index contributed by atoms with van der Waals surface area (Å²) < 4.78 is 1.85. The van der Waals surface area contributed by atoms with Crippen LogP contribution in [0.1, 0.15) is 47.0 Å². The van der Waals surface area contributed by atoms with E-state index < -0.39 is 6.10 Å². The number of amides is 1. The highest BCUT2D eigenvalue weighted by atomic mass is 16.3. The molecule has 6 heteroatoms. The van der Waals surface area contributed by atoms with Crippen molar-refractivity contribution in [2.75, 3.05) is 25.0 Å². The fourth-order valence-corrected chi connectivity index (χ4v) is 3.74. The molecule has 6 nitrogen and oxygen atoms in total. The molecular weight excluding hydrogens is 352 g/mol. The summed E-state index contributed by atoms with van der Waals surface area (Å²) in [6.45, 7) is 4.75. The van der Waals surface area contributed by atoms with Crippen LogP contribution in [0.25, 0.3) is 5.65 Å². The predicted octanol–water partition coefficient (Wildman–Crippen LogP) is 3.41. The topological polar surface area (TPSA) is 69.9 Å². The highest BCUT2D eigenvalue weighted by Crippen LogP contribution is 2.20. The van der Waals surface area contributed by atoms with Crippen LogP contribution >= 0.6 is 0 Å². The number of pyridine rings is 1. The number of rotatable bonds is 5. The third-order valence-electron chi connectivity index (χ3n) is 5.34. The second-order valence-corrected chi connectivity index (χ2v) is 7.50. The molecular formula is C22H26N4O2. The minimum Gasteiger partial charge on any atom is -0.387 e. The summed E-state index contributed by atoms with van der Waals surface area (Å²) in [5.41, 5.74) is 3.74. The van der Waals surface area contributed by atoms with Gasteiger partial charge >= 0.3 is 0 Å². The third kappa shape index (κ3) is 4.08. The Balaban J connectivity index is 1.40. The minimum atomic E-state index is -0.510. The molecule has 0 saturated carbocycles. The number of nitrogens with one attached hydrogen (secondary N) is 1. The number of likely N-dealkylation sites (tertiary alicyclic amines) is 1. The lowest BCUT2D eigenvalue weighted by atomic mass is 10.1. The number of hydrogen-bond donors (Lipinski definition) is 2. The van der Waals surface area contributed by atoms with Crippen LogP contribution in [0.2, 0.25) is 0 Å². The molecule has 1 aromatic carbocycles. The van der Waals surface area contributed by atoms with Crippen molar-refractivity contribution in [3.05, 3.63) is 65.6 Å². The zero-order valence-corrected chi connectivity index (χ0v) is 16.1. The lowest BCUT2D eigenvalue weighted by Crippen LogP contribution is -2.33. The Bertz CT molecular complexity index is 958. The fourth-order valence-electron chi connectivity index (χ4n) is 3.74. The van der Waals surface area contributed by atoms with Crippen molar-refractivity contribution in [1.82, 2.24) is 14.3 Å². The summed E-state index contributed by atoms with van der Waals surface area (Å²) in [5, 5.41) is 13.4. The summed E-state index contributed by atoms with van der Waals surface area (Å²) in [4.78, 5) is 19.3. The van der Waals surface area contributed by atoms with Gasteiger partial charge < -0.3 is 19.7 Å². The zero-order chi connectivity index (χ0) is 19.5. The summed E-state index contributed by atoms with van der Waals surface area (Å²) in [5.74, 6) is -0.246. The Labute approximate surface area is 164 Å². The van der Waals surface area contributed by atoms with Crippen molar-refractivity contribution < 1.29 is 9.90 Å². The molecule has 0 aliphatic carbocycles. The molecule has 1 saturated heterocycles. The largest absolute Gasteiger partial charge is 0.387 e. The number of imidazole rings is 1. The van der Waals surface area contributed by atoms with E-state index in [1.165, 1.54) is 19.3 Å². The van der Waals surface area contributed by atoms with E-state index in [2.05, 4.69) is 15.2 Å². The summed E-state index contributed by atoms with van der Waals surface area (Å²) >= 11 is 0. The first-order valence-electron chi connectivity index (χ1n) is 9.86. The molecule has 1 atom stereocenters. The Morgan fingerprint density at radius 3 is 2.64 bits per heavy atom. The number of piperidine rings is 1. The maximum absolute atomic E-state index is 12.5. The first-order chi connectivity index (χ1) is 13.6. The van der Waals surface area contributed by atoms with Gasteiger partial charge in [-0.2, -0.15) is 0 Å². The van der Waals surface area contributed by atoms with Gasteiger partial charge in [0.05, 0.1) is 6.10 Å². The predicted molar refractivity (Wildman–Crippen MR) is 110 cm³/mol. The van der Waals surface area contributed by atoms with E-state index in [0.29, 0.717) is 17.9 Å². The summed E-state index contributed by atoms with van der Waals surface area (Å²) in [7, 11) is 0. The molecule has 0 bridgehead atoms. The van der Waals surface area contributed by atoms with E-state index in [4.69, 9.17) is 0 Å². The van der Waals surface area contributed by atoms with Gasteiger partial charge in [-0.05, 0) is 62.2 Å². The van der Waals surface area contributed by atoms with Gasteiger partial charge in [0.1, 0.15) is 11.3 Å².